The van der Waals surface area contributed by atoms with E-state index in [0.717, 1.165) is 17.8 Å². The Bertz CT molecular complexity index is 434. The molecule has 0 aliphatic rings. The molecule has 0 fully saturated rings. The molecule has 0 aliphatic heterocycles. The largest absolute Gasteiger partial charge is 0.265 e. The molecule has 0 unspecified atom stereocenters. The first-order valence-electron chi connectivity index (χ1n) is 4.92. The number of benzene rings is 1. The minimum Gasteiger partial charge on any atom is -0.265 e. The smallest absolute Gasteiger partial charge is 0.0662 e. The van der Waals surface area contributed by atoms with Gasteiger partial charge in [-0.15, -0.1) is 11.6 Å². The van der Waals surface area contributed by atoms with Crippen LogP contribution in [-0.2, 0) is 12.4 Å². The number of alkyl halides is 1. The zero-order valence-electron chi connectivity index (χ0n) is 8.65. The van der Waals surface area contributed by atoms with Gasteiger partial charge in [0.1, 0.15) is 0 Å². The predicted molar refractivity (Wildman–Crippen MR) is 62.1 cm³/mol. The van der Waals surface area contributed by atoms with Gasteiger partial charge in [0.05, 0.1) is 18.6 Å². The van der Waals surface area contributed by atoms with Gasteiger partial charge in [-0.1, -0.05) is 30.3 Å². The first-order valence-corrected chi connectivity index (χ1v) is 5.46. The molecule has 15 heavy (non-hydrogen) atoms. The maximum atomic E-state index is 5.80. The second-order valence-electron chi connectivity index (χ2n) is 3.53. The van der Waals surface area contributed by atoms with Gasteiger partial charge in [0.15, 0.2) is 0 Å². The number of rotatable bonds is 3. The van der Waals surface area contributed by atoms with Gasteiger partial charge >= 0.3 is 0 Å². The van der Waals surface area contributed by atoms with E-state index in [2.05, 4.69) is 17.2 Å². The van der Waals surface area contributed by atoms with E-state index in [1.165, 1.54) is 5.56 Å². The molecule has 0 atom stereocenters. The molecule has 0 saturated carbocycles. The Morgan fingerprint density at radius 1 is 1.27 bits per heavy atom. The van der Waals surface area contributed by atoms with E-state index < -0.39 is 0 Å². The van der Waals surface area contributed by atoms with Crippen LogP contribution in [0.1, 0.15) is 16.8 Å². The van der Waals surface area contributed by atoms with E-state index in [1.54, 1.807) is 0 Å². The Morgan fingerprint density at radius 2 is 2.00 bits per heavy atom. The fourth-order valence-electron chi connectivity index (χ4n) is 1.53. The van der Waals surface area contributed by atoms with Crippen LogP contribution in [-0.4, -0.2) is 9.78 Å². The summed E-state index contributed by atoms with van der Waals surface area (Å²) in [6, 6.07) is 10.3. The molecule has 0 radical (unpaired) electrons. The summed E-state index contributed by atoms with van der Waals surface area (Å²) in [5, 5.41) is 4.31. The molecule has 2 rings (SSSR count). The van der Waals surface area contributed by atoms with Crippen molar-refractivity contribution in [2.75, 3.05) is 0 Å². The first kappa shape index (κ1) is 10.2. The monoisotopic (exact) mass is 220 g/mol. The molecule has 1 heterocycles. The average Bonchev–Trinajstić information content (AvgIpc) is 2.62. The molecule has 3 heteroatoms. The van der Waals surface area contributed by atoms with Crippen molar-refractivity contribution in [2.24, 2.45) is 0 Å². The van der Waals surface area contributed by atoms with Crippen molar-refractivity contribution >= 4 is 11.6 Å². The molecule has 0 aliphatic carbocycles. The third-order valence-electron chi connectivity index (χ3n) is 2.52. The summed E-state index contributed by atoms with van der Waals surface area (Å²) < 4.78 is 1.98. The second kappa shape index (κ2) is 4.49. The van der Waals surface area contributed by atoms with Crippen molar-refractivity contribution in [3.05, 3.63) is 53.3 Å². The second-order valence-corrected chi connectivity index (χ2v) is 3.80. The van der Waals surface area contributed by atoms with E-state index >= 15 is 0 Å². The summed E-state index contributed by atoms with van der Waals surface area (Å²) in [5.41, 5.74) is 3.51. The highest BCUT2D eigenvalue weighted by Gasteiger charge is 2.04. The quantitative estimate of drug-likeness (QED) is 0.728. The molecule has 0 bridgehead atoms. The van der Waals surface area contributed by atoms with Crippen LogP contribution in [0.4, 0.5) is 0 Å². The topological polar surface area (TPSA) is 17.8 Å². The zero-order valence-corrected chi connectivity index (χ0v) is 9.41. The van der Waals surface area contributed by atoms with Gasteiger partial charge in [0.25, 0.3) is 0 Å². The summed E-state index contributed by atoms with van der Waals surface area (Å²) in [6.45, 7) is 2.86. The molecular formula is C12H13ClN2. The highest BCUT2D eigenvalue weighted by molar-refractivity contribution is 6.17. The maximum absolute atomic E-state index is 5.80. The molecule has 78 valence electrons. The molecule has 0 N–H and O–H groups in total. The standard InChI is InChI=1S/C12H13ClN2/c1-10-12(7-13)8-14-15(10)9-11-5-3-2-4-6-11/h2-6,8H,7,9H2,1H3. The van der Waals surface area contributed by atoms with Crippen molar-refractivity contribution in [3.63, 3.8) is 0 Å². The third kappa shape index (κ3) is 2.21. The van der Waals surface area contributed by atoms with Gasteiger partial charge in [-0.3, -0.25) is 4.68 Å². The lowest BCUT2D eigenvalue weighted by Crippen LogP contribution is -2.03. The van der Waals surface area contributed by atoms with Crippen LogP contribution in [0.2, 0.25) is 0 Å². The number of hydrogen-bond donors (Lipinski definition) is 0. The van der Waals surface area contributed by atoms with Crippen LogP contribution in [0.3, 0.4) is 0 Å². The summed E-state index contributed by atoms with van der Waals surface area (Å²) in [5.74, 6) is 0.528. The van der Waals surface area contributed by atoms with Gasteiger partial charge in [-0.25, -0.2) is 0 Å². The summed E-state index contributed by atoms with van der Waals surface area (Å²) in [4.78, 5) is 0. The Balaban J connectivity index is 2.21. The highest BCUT2D eigenvalue weighted by atomic mass is 35.5. The molecule has 0 spiro atoms. The zero-order chi connectivity index (χ0) is 10.7. The summed E-state index contributed by atoms with van der Waals surface area (Å²) in [6.07, 6.45) is 1.84. The minimum atomic E-state index is 0.528. The average molecular weight is 221 g/mol. The number of nitrogens with zero attached hydrogens (tertiary/aromatic N) is 2. The van der Waals surface area contributed by atoms with Gasteiger partial charge in [0, 0.05) is 11.3 Å². The number of hydrogen-bond acceptors (Lipinski definition) is 1. The van der Waals surface area contributed by atoms with Crippen molar-refractivity contribution in [2.45, 2.75) is 19.3 Å². The van der Waals surface area contributed by atoms with Crippen LogP contribution in [0.5, 0.6) is 0 Å². The van der Waals surface area contributed by atoms with E-state index in [-0.39, 0.29) is 0 Å². The lowest BCUT2D eigenvalue weighted by molar-refractivity contribution is 0.664. The first-order chi connectivity index (χ1) is 7.31. The van der Waals surface area contributed by atoms with E-state index in [4.69, 9.17) is 11.6 Å². The fourth-order valence-corrected chi connectivity index (χ4v) is 1.79. The van der Waals surface area contributed by atoms with E-state index in [1.807, 2.05) is 36.0 Å². The molecule has 1 aromatic heterocycles. The summed E-state index contributed by atoms with van der Waals surface area (Å²) in [7, 11) is 0. The van der Waals surface area contributed by atoms with Gasteiger partial charge in [0.2, 0.25) is 0 Å². The van der Waals surface area contributed by atoms with Crippen molar-refractivity contribution in [1.29, 1.82) is 0 Å². The maximum Gasteiger partial charge on any atom is 0.0662 e. The summed E-state index contributed by atoms with van der Waals surface area (Å²) >= 11 is 5.80. The Labute approximate surface area is 94.5 Å². The van der Waals surface area contributed by atoms with Crippen LogP contribution in [0.25, 0.3) is 0 Å². The van der Waals surface area contributed by atoms with Crippen molar-refractivity contribution < 1.29 is 0 Å². The van der Waals surface area contributed by atoms with Crippen LogP contribution in [0.15, 0.2) is 36.5 Å². The molecular weight excluding hydrogens is 208 g/mol. The fraction of sp³-hybridized carbons (Fsp3) is 0.250. The normalized spacial score (nSPS) is 10.5. The van der Waals surface area contributed by atoms with Gasteiger partial charge < -0.3 is 0 Å². The Kier molecular flexibility index (Phi) is 3.07. The van der Waals surface area contributed by atoms with Gasteiger partial charge in [-0.2, -0.15) is 5.10 Å². The Hall–Kier alpha value is -1.28. The number of aromatic nitrogens is 2. The van der Waals surface area contributed by atoms with Crippen LogP contribution in [0, 0.1) is 6.92 Å². The molecule has 2 nitrogen and oxygen atoms in total. The van der Waals surface area contributed by atoms with Crippen molar-refractivity contribution in [3.8, 4) is 0 Å². The SMILES string of the molecule is Cc1c(CCl)cnn1Cc1ccccc1. The van der Waals surface area contributed by atoms with Crippen LogP contribution >= 0.6 is 11.6 Å². The lowest BCUT2D eigenvalue weighted by atomic mass is 10.2. The third-order valence-corrected chi connectivity index (χ3v) is 2.81. The number of halogens is 1. The predicted octanol–water partition coefficient (Wildman–Crippen LogP) is 2.98. The van der Waals surface area contributed by atoms with Crippen LogP contribution < -0.4 is 0 Å². The molecule has 1 aromatic carbocycles. The van der Waals surface area contributed by atoms with E-state index in [9.17, 15) is 0 Å². The molecule has 0 amide bonds. The Morgan fingerprint density at radius 3 is 2.60 bits per heavy atom. The molecule has 0 saturated heterocycles. The van der Waals surface area contributed by atoms with Crippen molar-refractivity contribution in [1.82, 2.24) is 9.78 Å². The molecule has 2 aromatic rings. The van der Waals surface area contributed by atoms with Gasteiger partial charge in [-0.05, 0) is 12.5 Å². The lowest BCUT2D eigenvalue weighted by Gasteiger charge is -2.04. The minimum absolute atomic E-state index is 0.528. The van der Waals surface area contributed by atoms with E-state index in [0.29, 0.717) is 5.88 Å². The highest BCUT2D eigenvalue weighted by Crippen LogP contribution is 2.11.